The normalized spacial score (nSPS) is 27.3. The molecule has 0 amide bonds. The highest BCUT2D eigenvalue weighted by atomic mass is 32.2. The number of nitrogens with one attached hydrogen (secondary N) is 1. The van der Waals surface area contributed by atoms with E-state index in [1.165, 1.54) is 23.5 Å². The van der Waals surface area contributed by atoms with Crippen LogP contribution in [0.1, 0.15) is 44.5 Å². The molecule has 2 heterocycles. The van der Waals surface area contributed by atoms with Gasteiger partial charge in [0.25, 0.3) is 0 Å². The number of thiophene rings is 1. The van der Waals surface area contributed by atoms with E-state index in [2.05, 4.69) is 55.4 Å². The molecular formula is C14H23NS2. The van der Waals surface area contributed by atoms with Gasteiger partial charge in [-0.15, -0.1) is 11.3 Å². The molecule has 1 N–H and O–H groups in total. The molecule has 0 saturated carbocycles. The van der Waals surface area contributed by atoms with E-state index in [0.717, 1.165) is 5.25 Å². The quantitative estimate of drug-likeness (QED) is 0.873. The molecular weight excluding hydrogens is 246 g/mol. The summed E-state index contributed by atoms with van der Waals surface area (Å²) in [5.74, 6) is 2.00. The van der Waals surface area contributed by atoms with E-state index in [1.807, 2.05) is 11.3 Å². The van der Waals surface area contributed by atoms with Crippen LogP contribution in [0.5, 0.6) is 0 Å². The maximum atomic E-state index is 3.90. The Bertz CT molecular complexity index is 321. The highest BCUT2D eigenvalue weighted by Crippen LogP contribution is 2.31. The van der Waals surface area contributed by atoms with Crippen LogP contribution in [0, 0.1) is 5.92 Å². The van der Waals surface area contributed by atoms with E-state index in [1.54, 1.807) is 0 Å². The van der Waals surface area contributed by atoms with Crippen LogP contribution in [-0.4, -0.2) is 17.0 Å². The summed E-state index contributed by atoms with van der Waals surface area (Å²) in [5, 5.41) is 6.84. The minimum Gasteiger partial charge on any atom is -0.305 e. The summed E-state index contributed by atoms with van der Waals surface area (Å²) >= 11 is 4.00. The predicted molar refractivity (Wildman–Crippen MR) is 80.0 cm³/mol. The van der Waals surface area contributed by atoms with Crippen molar-refractivity contribution in [1.29, 1.82) is 0 Å². The zero-order valence-electron chi connectivity index (χ0n) is 11.0. The van der Waals surface area contributed by atoms with Crippen LogP contribution in [0.3, 0.4) is 0 Å². The number of rotatable bonds is 4. The first-order chi connectivity index (χ1) is 8.18. The van der Waals surface area contributed by atoms with Gasteiger partial charge < -0.3 is 5.32 Å². The van der Waals surface area contributed by atoms with Gasteiger partial charge in [0, 0.05) is 22.2 Å². The molecule has 3 atom stereocenters. The fraction of sp³-hybridized carbons (Fsp3) is 0.714. The molecule has 1 aliphatic heterocycles. The van der Waals surface area contributed by atoms with Crippen molar-refractivity contribution < 1.29 is 0 Å². The van der Waals surface area contributed by atoms with Crippen molar-refractivity contribution >= 4 is 23.1 Å². The Morgan fingerprint density at radius 2 is 2.24 bits per heavy atom. The average Bonchev–Trinajstić information content (AvgIpc) is 2.81. The van der Waals surface area contributed by atoms with E-state index in [0.29, 0.717) is 18.0 Å². The van der Waals surface area contributed by atoms with Crippen LogP contribution in [-0.2, 0) is 0 Å². The Morgan fingerprint density at radius 3 is 2.82 bits per heavy atom. The Balaban J connectivity index is 2.02. The van der Waals surface area contributed by atoms with Crippen molar-refractivity contribution in [3.8, 4) is 0 Å². The second-order valence-electron chi connectivity index (χ2n) is 5.23. The molecule has 1 aromatic rings. The van der Waals surface area contributed by atoms with E-state index < -0.39 is 0 Å². The maximum Gasteiger partial charge on any atom is 0.0440 e. The molecule has 3 unspecified atom stereocenters. The van der Waals surface area contributed by atoms with Gasteiger partial charge in [-0.25, -0.2) is 0 Å². The van der Waals surface area contributed by atoms with Crippen molar-refractivity contribution in [3.63, 3.8) is 0 Å². The summed E-state index contributed by atoms with van der Waals surface area (Å²) in [5.41, 5.74) is 0. The SMILES string of the molecule is CC(C)C(NC1CCCSC1C)c1cccs1. The van der Waals surface area contributed by atoms with Crippen molar-refractivity contribution in [2.45, 2.75) is 50.9 Å². The van der Waals surface area contributed by atoms with Gasteiger partial charge >= 0.3 is 0 Å². The number of hydrogen-bond donors (Lipinski definition) is 1. The predicted octanol–water partition coefficient (Wildman–Crippen LogP) is 4.32. The van der Waals surface area contributed by atoms with E-state index >= 15 is 0 Å². The zero-order valence-corrected chi connectivity index (χ0v) is 12.6. The first-order valence-electron chi connectivity index (χ1n) is 6.59. The molecule has 96 valence electrons. The average molecular weight is 269 g/mol. The molecule has 2 rings (SSSR count). The van der Waals surface area contributed by atoms with Crippen LogP contribution in [0.4, 0.5) is 0 Å². The molecule has 1 nitrogen and oxygen atoms in total. The van der Waals surface area contributed by atoms with Crippen LogP contribution < -0.4 is 5.32 Å². The topological polar surface area (TPSA) is 12.0 Å². The van der Waals surface area contributed by atoms with Crippen LogP contribution >= 0.6 is 23.1 Å². The number of thioether (sulfide) groups is 1. The van der Waals surface area contributed by atoms with Crippen LogP contribution in [0.15, 0.2) is 17.5 Å². The Morgan fingerprint density at radius 1 is 1.41 bits per heavy atom. The van der Waals surface area contributed by atoms with Gasteiger partial charge in [-0.2, -0.15) is 11.8 Å². The van der Waals surface area contributed by atoms with Crippen LogP contribution in [0.2, 0.25) is 0 Å². The maximum absolute atomic E-state index is 3.90. The monoisotopic (exact) mass is 269 g/mol. The molecule has 1 aromatic heterocycles. The molecule has 0 spiro atoms. The Kier molecular flexibility index (Phi) is 4.95. The molecule has 1 saturated heterocycles. The Hall–Kier alpha value is 0.01000. The minimum atomic E-state index is 0.529. The van der Waals surface area contributed by atoms with E-state index in [-0.39, 0.29) is 0 Å². The lowest BCUT2D eigenvalue weighted by Crippen LogP contribution is -2.42. The third-order valence-electron chi connectivity index (χ3n) is 3.52. The van der Waals surface area contributed by atoms with E-state index in [4.69, 9.17) is 0 Å². The zero-order chi connectivity index (χ0) is 12.3. The molecule has 0 bridgehead atoms. The highest BCUT2D eigenvalue weighted by molar-refractivity contribution is 7.99. The largest absolute Gasteiger partial charge is 0.305 e. The molecule has 1 aliphatic rings. The molecule has 0 radical (unpaired) electrons. The Labute approximate surface area is 113 Å². The summed E-state index contributed by atoms with van der Waals surface area (Å²) in [7, 11) is 0. The van der Waals surface area contributed by atoms with Crippen molar-refractivity contribution in [2.75, 3.05) is 5.75 Å². The molecule has 0 aromatic carbocycles. The summed E-state index contributed by atoms with van der Waals surface area (Å²) in [6.07, 6.45) is 2.70. The second-order valence-corrected chi connectivity index (χ2v) is 7.69. The van der Waals surface area contributed by atoms with Crippen molar-refractivity contribution in [3.05, 3.63) is 22.4 Å². The highest BCUT2D eigenvalue weighted by Gasteiger charge is 2.26. The van der Waals surface area contributed by atoms with Crippen LogP contribution in [0.25, 0.3) is 0 Å². The second kappa shape index (κ2) is 6.26. The fourth-order valence-corrected chi connectivity index (χ4v) is 4.55. The molecule has 17 heavy (non-hydrogen) atoms. The third kappa shape index (κ3) is 3.49. The molecule has 1 fully saturated rings. The molecule has 3 heteroatoms. The summed E-state index contributed by atoms with van der Waals surface area (Å²) < 4.78 is 0. The number of hydrogen-bond acceptors (Lipinski definition) is 3. The van der Waals surface area contributed by atoms with Crippen molar-refractivity contribution in [1.82, 2.24) is 5.32 Å². The third-order valence-corrected chi connectivity index (χ3v) is 5.85. The lowest BCUT2D eigenvalue weighted by atomic mass is 9.99. The van der Waals surface area contributed by atoms with Crippen molar-refractivity contribution in [2.24, 2.45) is 5.92 Å². The molecule has 0 aliphatic carbocycles. The smallest absolute Gasteiger partial charge is 0.0440 e. The standard InChI is InChI=1S/C14H23NS2/c1-10(2)14(13-7-5-9-17-13)15-12-6-4-8-16-11(12)3/h5,7,9-12,14-15H,4,6,8H2,1-3H3. The summed E-state index contributed by atoms with van der Waals surface area (Å²) in [4.78, 5) is 1.49. The summed E-state index contributed by atoms with van der Waals surface area (Å²) in [6.45, 7) is 7.00. The lowest BCUT2D eigenvalue weighted by molar-refractivity contribution is 0.344. The van der Waals surface area contributed by atoms with Gasteiger partial charge in [0.2, 0.25) is 0 Å². The van der Waals surface area contributed by atoms with Gasteiger partial charge in [0.1, 0.15) is 0 Å². The lowest BCUT2D eigenvalue weighted by Gasteiger charge is -2.34. The van der Waals surface area contributed by atoms with Gasteiger partial charge in [0.05, 0.1) is 0 Å². The minimum absolute atomic E-state index is 0.529. The van der Waals surface area contributed by atoms with Gasteiger partial charge in [0.15, 0.2) is 0 Å². The first kappa shape index (κ1) is 13.4. The summed E-state index contributed by atoms with van der Waals surface area (Å²) in [6, 6.07) is 5.64. The fourth-order valence-electron chi connectivity index (χ4n) is 2.44. The van der Waals surface area contributed by atoms with Gasteiger partial charge in [-0.05, 0) is 36.0 Å². The first-order valence-corrected chi connectivity index (χ1v) is 8.52. The van der Waals surface area contributed by atoms with Gasteiger partial charge in [-0.3, -0.25) is 0 Å². The van der Waals surface area contributed by atoms with Gasteiger partial charge in [-0.1, -0.05) is 26.8 Å². The van der Waals surface area contributed by atoms with E-state index in [9.17, 15) is 0 Å².